The summed E-state index contributed by atoms with van der Waals surface area (Å²) in [6, 6.07) is 3.09. The average Bonchev–Trinajstić information content (AvgIpc) is 2.58. The van der Waals surface area contributed by atoms with Crippen LogP contribution in [-0.4, -0.2) is 40.7 Å². The molecule has 0 bridgehead atoms. The Morgan fingerprint density at radius 1 is 1.32 bits per heavy atom. The van der Waals surface area contributed by atoms with Gasteiger partial charge in [0.1, 0.15) is 0 Å². The smallest absolute Gasteiger partial charge is 0.335 e. The van der Waals surface area contributed by atoms with Gasteiger partial charge in [0.25, 0.3) is 11.6 Å². The van der Waals surface area contributed by atoms with Crippen molar-refractivity contribution in [3.8, 4) is 0 Å². The number of carbonyl (C=O) groups is 2. The highest BCUT2D eigenvalue weighted by Crippen LogP contribution is 2.51. The lowest BCUT2D eigenvalue weighted by molar-refractivity contribution is -0.384. The molecule has 2 N–H and O–H groups in total. The van der Waals surface area contributed by atoms with Crippen LogP contribution in [0.5, 0.6) is 0 Å². The van der Waals surface area contributed by atoms with E-state index in [9.17, 15) is 19.7 Å². The van der Waals surface area contributed by atoms with Crippen LogP contribution < -0.4 is 5.32 Å². The van der Waals surface area contributed by atoms with Crippen molar-refractivity contribution in [2.45, 2.75) is 38.8 Å². The molecule has 1 amide bonds. The van der Waals surface area contributed by atoms with E-state index in [2.05, 4.69) is 5.32 Å². The number of fused-ring (bicyclic) bond motifs is 1. The summed E-state index contributed by atoms with van der Waals surface area (Å²) in [6.45, 7) is 4.75. The van der Waals surface area contributed by atoms with Gasteiger partial charge in [0, 0.05) is 41.7 Å². The Kier molecular flexibility index (Phi) is 4.24. The molecule has 1 saturated heterocycles. The minimum atomic E-state index is -1.32. The summed E-state index contributed by atoms with van der Waals surface area (Å²) in [7, 11) is 0. The number of nitro benzene ring substituents is 1. The minimum absolute atomic E-state index is 0.0254. The van der Waals surface area contributed by atoms with Gasteiger partial charge in [-0.15, -0.1) is 0 Å². The number of benzene rings is 1. The Morgan fingerprint density at radius 3 is 2.64 bits per heavy atom. The summed E-state index contributed by atoms with van der Waals surface area (Å²) in [5.41, 5.74) is -0.970. The first-order chi connectivity index (χ1) is 11.7. The number of carbonyl (C=O) groups excluding carboxylic acids is 1. The normalized spacial score (nSPS) is 26.9. The molecule has 0 radical (unpaired) electrons. The van der Waals surface area contributed by atoms with Crippen molar-refractivity contribution in [1.29, 1.82) is 0 Å². The zero-order chi connectivity index (χ0) is 18.4. The lowest BCUT2D eigenvalue weighted by Crippen LogP contribution is -2.70. The van der Waals surface area contributed by atoms with Crippen LogP contribution in [-0.2, 0) is 4.74 Å². The van der Waals surface area contributed by atoms with E-state index >= 15 is 0 Å². The molecule has 1 heterocycles. The molecule has 3 unspecified atom stereocenters. The quantitative estimate of drug-likeness (QED) is 0.636. The van der Waals surface area contributed by atoms with Gasteiger partial charge in [-0.25, -0.2) is 4.79 Å². The lowest BCUT2D eigenvalue weighted by atomic mass is 9.55. The molecular weight excluding hydrogens is 328 g/mol. The number of amides is 1. The molecule has 134 valence electrons. The summed E-state index contributed by atoms with van der Waals surface area (Å²) >= 11 is 0. The fourth-order valence-electron chi connectivity index (χ4n) is 4.01. The van der Waals surface area contributed by atoms with Crippen molar-refractivity contribution >= 4 is 17.6 Å². The second kappa shape index (κ2) is 6.11. The molecular formula is C17H20N2O6. The Hall–Kier alpha value is -2.48. The summed E-state index contributed by atoms with van der Waals surface area (Å²) < 4.78 is 5.79. The van der Waals surface area contributed by atoms with E-state index in [0.717, 1.165) is 37.6 Å². The monoisotopic (exact) mass is 348 g/mol. The maximum absolute atomic E-state index is 12.6. The Bertz CT molecular complexity index is 712. The molecule has 1 aliphatic heterocycles. The molecule has 1 aromatic carbocycles. The Balaban J connectivity index is 1.84. The van der Waals surface area contributed by atoms with Gasteiger partial charge in [0.15, 0.2) is 0 Å². The van der Waals surface area contributed by atoms with Crippen LogP contribution in [0.15, 0.2) is 18.2 Å². The summed E-state index contributed by atoms with van der Waals surface area (Å²) in [4.78, 5) is 34.0. The largest absolute Gasteiger partial charge is 0.478 e. The number of aromatic carboxylic acids is 1. The second-order valence-electron chi connectivity index (χ2n) is 7.20. The van der Waals surface area contributed by atoms with Crippen molar-refractivity contribution in [3.05, 3.63) is 39.4 Å². The summed E-state index contributed by atoms with van der Waals surface area (Å²) in [5.74, 6) is -1.61. The van der Waals surface area contributed by atoms with Crippen LogP contribution in [0.3, 0.4) is 0 Å². The van der Waals surface area contributed by atoms with Crippen molar-refractivity contribution < 1.29 is 24.4 Å². The van der Waals surface area contributed by atoms with E-state index in [1.165, 1.54) is 0 Å². The lowest BCUT2D eigenvalue weighted by Gasteiger charge is -2.59. The van der Waals surface area contributed by atoms with Gasteiger partial charge in [0.05, 0.1) is 16.6 Å². The molecule has 0 aromatic heterocycles. The van der Waals surface area contributed by atoms with Gasteiger partial charge in [-0.1, -0.05) is 13.8 Å². The number of hydrogen-bond donors (Lipinski definition) is 2. The first-order valence-electron chi connectivity index (χ1n) is 8.17. The van der Waals surface area contributed by atoms with E-state index in [-0.39, 0.29) is 34.6 Å². The van der Waals surface area contributed by atoms with Crippen LogP contribution >= 0.6 is 0 Å². The van der Waals surface area contributed by atoms with Crippen LogP contribution in [0.2, 0.25) is 0 Å². The predicted molar refractivity (Wildman–Crippen MR) is 87.6 cm³/mol. The molecule has 3 rings (SSSR count). The highest BCUT2D eigenvalue weighted by Gasteiger charge is 2.58. The fourth-order valence-corrected chi connectivity index (χ4v) is 4.01. The van der Waals surface area contributed by atoms with Crippen LogP contribution in [0, 0.1) is 21.4 Å². The van der Waals surface area contributed by atoms with Crippen LogP contribution in [0.4, 0.5) is 5.69 Å². The van der Waals surface area contributed by atoms with Crippen molar-refractivity contribution in [1.82, 2.24) is 5.32 Å². The van der Waals surface area contributed by atoms with Gasteiger partial charge < -0.3 is 15.2 Å². The Morgan fingerprint density at radius 2 is 2.00 bits per heavy atom. The standard InChI is InChI=1S/C17H20N2O6/c1-17(2)13(12-4-3-5-25-14(12)17)18-15(20)9-6-10(16(21)22)8-11(7-9)19(23)24/h6-8,12-14H,3-5H2,1-2H3,(H,18,20)(H,21,22). The van der Waals surface area contributed by atoms with Crippen molar-refractivity contribution in [2.75, 3.05) is 6.61 Å². The summed E-state index contributed by atoms with van der Waals surface area (Å²) in [5, 5.41) is 23.0. The number of hydrogen-bond acceptors (Lipinski definition) is 5. The number of carboxylic acids is 1. The molecule has 1 aliphatic carbocycles. The molecule has 2 aliphatic rings. The third-order valence-electron chi connectivity index (χ3n) is 5.26. The maximum Gasteiger partial charge on any atom is 0.335 e. The number of nitrogens with zero attached hydrogens (tertiary/aromatic N) is 1. The van der Waals surface area contributed by atoms with E-state index in [0.29, 0.717) is 0 Å². The van der Waals surface area contributed by atoms with E-state index in [4.69, 9.17) is 9.84 Å². The van der Waals surface area contributed by atoms with Crippen LogP contribution in [0.25, 0.3) is 0 Å². The third kappa shape index (κ3) is 2.97. The zero-order valence-corrected chi connectivity index (χ0v) is 14.0. The Labute approximate surface area is 144 Å². The van der Waals surface area contributed by atoms with Gasteiger partial charge in [-0.2, -0.15) is 0 Å². The van der Waals surface area contributed by atoms with Crippen molar-refractivity contribution in [3.63, 3.8) is 0 Å². The van der Waals surface area contributed by atoms with Crippen molar-refractivity contribution in [2.24, 2.45) is 11.3 Å². The first kappa shape index (κ1) is 17.3. The van der Waals surface area contributed by atoms with E-state index in [1.807, 2.05) is 13.8 Å². The third-order valence-corrected chi connectivity index (χ3v) is 5.26. The number of rotatable bonds is 4. The van der Waals surface area contributed by atoms with Gasteiger partial charge in [0.2, 0.25) is 0 Å². The molecule has 2 fully saturated rings. The molecule has 8 heteroatoms. The molecule has 1 aromatic rings. The predicted octanol–water partition coefficient (Wildman–Crippen LogP) is 2.23. The highest BCUT2D eigenvalue weighted by molar-refractivity contribution is 5.98. The summed E-state index contributed by atoms with van der Waals surface area (Å²) in [6.07, 6.45) is 1.98. The van der Waals surface area contributed by atoms with Crippen LogP contribution in [0.1, 0.15) is 47.4 Å². The van der Waals surface area contributed by atoms with Gasteiger partial charge in [-0.05, 0) is 18.9 Å². The second-order valence-corrected chi connectivity index (χ2v) is 7.20. The van der Waals surface area contributed by atoms with Gasteiger partial charge in [-0.3, -0.25) is 14.9 Å². The number of ether oxygens (including phenoxy) is 1. The average molecular weight is 348 g/mol. The number of nitro groups is 1. The first-order valence-corrected chi connectivity index (χ1v) is 8.17. The molecule has 3 atom stereocenters. The molecule has 25 heavy (non-hydrogen) atoms. The van der Waals surface area contributed by atoms with E-state index in [1.54, 1.807) is 0 Å². The minimum Gasteiger partial charge on any atom is -0.478 e. The number of non-ortho nitro benzene ring substituents is 1. The van der Waals surface area contributed by atoms with Gasteiger partial charge >= 0.3 is 5.97 Å². The number of nitrogens with one attached hydrogen (secondary N) is 1. The topological polar surface area (TPSA) is 119 Å². The zero-order valence-electron chi connectivity index (χ0n) is 14.0. The SMILES string of the molecule is CC1(C)C(NC(=O)c2cc(C(=O)O)cc([N+](=O)[O-])c2)C2CCCOC21. The fraction of sp³-hybridized carbons (Fsp3) is 0.529. The maximum atomic E-state index is 12.6. The molecule has 0 spiro atoms. The molecule has 8 nitrogen and oxygen atoms in total. The van der Waals surface area contributed by atoms with E-state index < -0.39 is 22.5 Å². The highest BCUT2D eigenvalue weighted by atomic mass is 16.6. The molecule has 1 saturated carbocycles. The number of carboxylic acid groups (broad SMARTS) is 1.